The maximum absolute atomic E-state index is 4.07. The lowest BCUT2D eigenvalue weighted by Crippen LogP contribution is -1.75. The number of rotatable bonds is 4. The van der Waals surface area contributed by atoms with Crippen LogP contribution in [0.3, 0.4) is 0 Å². The third kappa shape index (κ3) is 3.53. The largest absolute Gasteiger partial charge is 0.340 e. The monoisotopic (exact) mass is 186 g/mol. The smallest absolute Gasteiger partial charge is 0.165 e. The van der Waals surface area contributed by atoms with E-state index in [4.69, 9.17) is 0 Å². The van der Waals surface area contributed by atoms with E-state index in [1.165, 1.54) is 0 Å². The fourth-order valence-electron chi connectivity index (χ4n) is 0.599. The van der Waals surface area contributed by atoms with Crippen LogP contribution in [0, 0.1) is 0 Å². The fraction of sp³-hybridized carbons (Fsp3) is 0.286. The summed E-state index contributed by atoms with van der Waals surface area (Å²) in [7, 11) is 0. The lowest BCUT2D eigenvalue weighted by Gasteiger charge is -1.89. The van der Waals surface area contributed by atoms with Crippen LogP contribution in [0.2, 0.25) is 0 Å². The number of nitrogens with one attached hydrogen (secondary N) is 1. The van der Waals surface area contributed by atoms with Gasteiger partial charge in [-0.05, 0) is 0 Å². The van der Waals surface area contributed by atoms with E-state index in [-0.39, 0.29) is 0 Å². The summed E-state index contributed by atoms with van der Waals surface area (Å²) < 4.78 is 0. The highest BCUT2D eigenvalue weighted by Gasteiger charge is 1.90. The summed E-state index contributed by atoms with van der Waals surface area (Å²) in [5.41, 5.74) is 0. The normalized spacial score (nSPS) is 11.0. The molecule has 0 saturated carbocycles. The highest BCUT2D eigenvalue weighted by atomic mass is 32.2. The van der Waals surface area contributed by atoms with Crippen LogP contribution in [-0.4, -0.2) is 21.5 Å². The van der Waals surface area contributed by atoms with Crippen LogP contribution in [0.15, 0.2) is 29.7 Å². The molecule has 11 heavy (non-hydrogen) atoms. The van der Waals surface area contributed by atoms with E-state index in [0.717, 1.165) is 16.7 Å². The summed E-state index contributed by atoms with van der Waals surface area (Å²) in [6, 6.07) is 0. The molecule has 0 bridgehead atoms. The van der Waals surface area contributed by atoms with Crippen LogP contribution in [0.1, 0.15) is 0 Å². The third-order valence-electron chi connectivity index (χ3n) is 1.06. The van der Waals surface area contributed by atoms with Crippen LogP contribution in [-0.2, 0) is 0 Å². The van der Waals surface area contributed by atoms with E-state index in [9.17, 15) is 0 Å². The minimum atomic E-state index is 0.804. The van der Waals surface area contributed by atoms with Crippen molar-refractivity contribution in [2.24, 2.45) is 0 Å². The van der Waals surface area contributed by atoms with Gasteiger partial charge in [0.25, 0.3) is 0 Å². The van der Waals surface area contributed by atoms with Gasteiger partial charge < -0.3 is 4.98 Å². The standard InChI is InChI=1S/C7H10N2S2/c10-5-1-2-6-11-7-8-3-4-9-7/h1-4,10H,5-6H2,(H,8,9)/b2-1+. The number of nitrogens with zero attached hydrogens (tertiary/aromatic N) is 1. The molecule has 0 unspecified atom stereocenters. The predicted octanol–water partition coefficient (Wildman–Crippen LogP) is 1.99. The molecule has 4 heteroatoms. The molecule has 0 aromatic carbocycles. The van der Waals surface area contributed by atoms with Gasteiger partial charge in [0.15, 0.2) is 5.16 Å². The molecular weight excluding hydrogens is 176 g/mol. The summed E-state index contributed by atoms with van der Waals surface area (Å²) in [4.78, 5) is 7.08. The number of aromatic amines is 1. The molecule has 0 spiro atoms. The molecule has 0 aliphatic carbocycles. The summed E-state index contributed by atoms with van der Waals surface area (Å²) in [6.45, 7) is 0. The molecule has 2 nitrogen and oxygen atoms in total. The third-order valence-corrected chi connectivity index (χ3v) is 2.13. The van der Waals surface area contributed by atoms with Crippen molar-refractivity contribution in [3.8, 4) is 0 Å². The van der Waals surface area contributed by atoms with Gasteiger partial charge in [0.1, 0.15) is 0 Å². The summed E-state index contributed by atoms with van der Waals surface area (Å²) >= 11 is 5.73. The Bertz CT molecular complexity index is 206. The van der Waals surface area contributed by atoms with Crippen LogP contribution >= 0.6 is 24.4 Å². The summed E-state index contributed by atoms with van der Waals surface area (Å²) in [5, 5.41) is 0.966. The zero-order valence-corrected chi connectivity index (χ0v) is 7.74. The van der Waals surface area contributed by atoms with Gasteiger partial charge in [0.05, 0.1) is 0 Å². The van der Waals surface area contributed by atoms with E-state index in [2.05, 4.69) is 28.7 Å². The molecule has 1 rings (SSSR count). The molecule has 0 atom stereocenters. The Labute approximate surface area is 75.9 Å². The number of hydrogen-bond donors (Lipinski definition) is 2. The van der Waals surface area contributed by atoms with Gasteiger partial charge in [0.2, 0.25) is 0 Å². The van der Waals surface area contributed by atoms with Crippen LogP contribution in [0.25, 0.3) is 0 Å². The van der Waals surface area contributed by atoms with Crippen LogP contribution in [0.4, 0.5) is 0 Å². The van der Waals surface area contributed by atoms with Crippen molar-refractivity contribution in [2.45, 2.75) is 5.16 Å². The molecule has 1 aromatic heterocycles. The highest BCUT2D eigenvalue weighted by Crippen LogP contribution is 2.10. The first-order valence-electron chi connectivity index (χ1n) is 3.31. The lowest BCUT2D eigenvalue weighted by molar-refractivity contribution is 1.06. The van der Waals surface area contributed by atoms with Crippen molar-refractivity contribution in [3.05, 3.63) is 24.5 Å². The topological polar surface area (TPSA) is 28.7 Å². The van der Waals surface area contributed by atoms with Crippen LogP contribution < -0.4 is 0 Å². The van der Waals surface area contributed by atoms with Crippen LogP contribution in [0.5, 0.6) is 0 Å². The van der Waals surface area contributed by atoms with E-state index < -0.39 is 0 Å². The number of hydrogen-bond acceptors (Lipinski definition) is 3. The van der Waals surface area contributed by atoms with Crippen molar-refractivity contribution >= 4 is 24.4 Å². The van der Waals surface area contributed by atoms with Gasteiger partial charge in [-0.2, -0.15) is 12.6 Å². The zero-order valence-electron chi connectivity index (χ0n) is 6.03. The van der Waals surface area contributed by atoms with Crippen molar-refractivity contribution in [1.82, 2.24) is 9.97 Å². The second kappa shape index (κ2) is 5.32. The molecule has 0 aliphatic heterocycles. The minimum absolute atomic E-state index is 0.804. The van der Waals surface area contributed by atoms with E-state index >= 15 is 0 Å². The van der Waals surface area contributed by atoms with Gasteiger partial charge in [-0.3, -0.25) is 0 Å². The molecule has 1 heterocycles. The SMILES string of the molecule is SC/C=C/CSc1ncc[nH]1. The molecule has 60 valence electrons. The van der Waals surface area contributed by atoms with E-state index in [1.807, 2.05) is 12.3 Å². The number of imidazole rings is 1. The Morgan fingerprint density at radius 1 is 1.64 bits per heavy atom. The Morgan fingerprint density at radius 2 is 2.55 bits per heavy atom. The summed E-state index contributed by atoms with van der Waals surface area (Å²) in [6.07, 6.45) is 7.69. The first kappa shape index (κ1) is 8.74. The second-order valence-corrected chi connectivity index (χ2v) is 3.23. The highest BCUT2D eigenvalue weighted by molar-refractivity contribution is 7.99. The Hall–Kier alpha value is -0.350. The lowest BCUT2D eigenvalue weighted by atomic mass is 10.6. The first-order valence-corrected chi connectivity index (χ1v) is 4.93. The molecular formula is C7H10N2S2. The Morgan fingerprint density at radius 3 is 3.18 bits per heavy atom. The van der Waals surface area contributed by atoms with Crippen molar-refractivity contribution in [2.75, 3.05) is 11.5 Å². The zero-order chi connectivity index (χ0) is 7.94. The molecule has 0 amide bonds. The fourth-order valence-corrected chi connectivity index (χ4v) is 1.43. The Balaban J connectivity index is 2.19. The summed E-state index contributed by atoms with van der Waals surface area (Å²) in [5.74, 6) is 1.76. The molecule has 1 aromatic rings. The van der Waals surface area contributed by atoms with Crippen molar-refractivity contribution < 1.29 is 0 Å². The number of H-pyrrole nitrogens is 1. The van der Waals surface area contributed by atoms with E-state index in [1.54, 1.807) is 18.0 Å². The van der Waals surface area contributed by atoms with Gasteiger partial charge in [-0.1, -0.05) is 23.9 Å². The minimum Gasteiger partial charge on any atom is -0.340 e. The van der Waals surface area contributed by atoms with Gasteiger partial charge in [0, 0.05) is 23.9 Å². The van der Waals surface area contributed by atoms with Gasteiger partial charge >= 0.3 is 0 Å². The maximum atomic E-state index is 4.07. The predicted molar refractivity (Wildman–Crippen MR) is 52.3 cm³/mol. The maximum Gasteiger partial charge on any atom is 0.165 e. The molecule has 0 aliphatic rings. The van der Waals surface area contributed by atoms with Crippen molar-refractivity contribution in [1.29, 1.82) is 0 Å². The average molecular weight is 186 g/mol. The molecule has 0 fully saturated rings. The number of aromatic nitrogens is 2. The molecule has 1 N–H and O–H groups in total. The van der Waals surface area contributed by atoms with Gasteiger partial charge in [-0.25, -0.2) is 4.98 Å². The average Bonchev–Trinajstić information content (AvgIpc) is 2.50. The Kier molecular flexibility index (Phi) is 4.23. The molecule has 0 radical (unpaired) electrons. The van der Waals surface area contributed by atoms with Gasteiger partial charge in [-0.15, -0.1) is 0 Å². The second-order valence-electron chi connectivity index (χ2n) is 1.86. The van der Waals surface area contributed by atoms with E-state index in [0.29, 0.717) is 0 Å². The first-order chi connectivity index (χ1) is 5.43. The quantitative estimate of drug-likeness (QED) is 0.428. The number of thioether (sulfide) groups is 1. The number of thiol groups is 1. The molecule has 0 saturated heterocycles. The van der Waals surface area contributed by atoms with Crippen molar-refractivity contribution in [3.63, 3.8) is 0 Å².